The van der Waals surface area contributed by atoms with Crippen LogP contribution >= 0.6 is 23.2 Å². The molecule has 7 heteroatoms. The van der Waals surface area contributed by atoms with Gasteiger partial charge >= 0.3 is 0 Å². The summed E-state index contributed by atoms with van der Waals surface area (Å²) in [4.78, 5) is 24.5. The van der Waals surface area contributed by atoms with Gasteiger partial charge in [0.15, 0.2) is 0 Å². The van der Waals surface area contributed by atoms with Crippen LogP contribution in [0.2, 0.25) is 5.02 Å². The SMILES string of the molecule is CC(=O)NC1C[C@@]23Oc4c(c(Cl)cc5c4CNC5=O)C[C@]2(C)[C@@H](C)CC[C@H]3C(C)(C)C1Cl. The smallest absolute Gasteiger partial charge is 0.252 e. The summed E-state index contributed by atoms with van der Waals surface area (Å²) in [5.74, 6) is 1.22. The molecule has 5 nitrogen and oxygen atoms in total. The molecule has 6 atom stereocenters. The van der Waals surface area contributed by atoms with E-state index in [0.29, 0.717) is 29.5 Å². The van der Waals surface area contributed by atoms with Gasteiger partial charge in [0, 0.05) is 59.0 Å². The van der Waals surface area contributed by atoms with Crippen LogP contribution < -0.4 is 15.4 Å². The van der Waals surface area contributed by atoms with Crippen molar-refractivity contribution in [1.82, 2.24) is 10.6 Å². The Balaban J connectivity index is 1.72. The first-order valence-electron chi connectivity index (χ1n) is 11.6. The Morgan fingerprint density at radius 3 is 2.66 bits per heavy atom. The normalized spacial score (nSPS) is 39.0. The molecular formula is C25H32Cl2N2O3. The van der Waals surface area contributed by atoms with E-state index in [1.807, 2.05) is 0 Å². The van der Waals surface area contributed by atoms with Gasteiger partial charge < -0.3 is 15.4 Å². The Labute approximate surface area is 199 Å². The zero-order valence-corrected chi connectivity index (χ0v) is 20.9. The number of carbonyl (C=O) groups excluding carboxylic acids is 2. The summed E-state index contributed by atoms with van der Waals surface area (Å²) in [5.41, 5.74) is 1.58. The Hall–Kier alpha value is -1.46. The lowest BCUT2D eigenvalue weighted by molar-refractivity contribution is -0.214. The lowest BCUT2D eigenvalue weighted by Gasteiger charge is -2.68. The zero-order valence-electron chi connectivity index (χ0n) is 19.4. The zero-order chi connectivity index (χ0) is 23.2. The van der Waals surface area contributed by atoms with Crippen LogP contribution in [0.5, 0.6) is 5.75 Å². The highest BCUT2D eigenvalue weighted by Gasteiger charge is 2.69. The third-order valence-electron chi connectivity index (χ3n) is 9.31. The van der Waals surface area contributed by atoms with Crippen LogP contribution in [0.25, 0.3) is 0 Å². The standard InChI is InChI=1S/C25H32Cl2N2O3/c1-12-6-7-19-23(3,4)21(27)18(29-13(2)30)10-25(19)24(12,5)9-15-17(26)8-14-16(20(15)32-25)11-28-22(14)31/h8,12,18-19,21H,6-7,9-11H2,1-5H3,(H,28,31)(H,29,30)/t12-,18?,19-,21?,24+,25-/m0/s1. The number of carbonyl (C=O) groups is 2. The molecule has 2 amide bonds. The van der Waals surface area contributed by atoms with Crippen molar-refractivity contribution in [3.8, 4) is 5.75 Å². The van der Waals surface area contributed by atoms with Gasteiger partial charge in [-0.25, -0.2) is 0 Å². The third kappa shape index (κ3) is 2.76. The molecule has 0 aromatic heterocycles. The van der Waals surface area contributed by atoms with Crippen LogP contribution in [0.4, 0.5) is 0 Å². The Morgan fingerprint density at radius 1 is 1.25 bits per heavy atom. The number of benzene rings is 1. The number of alkyl halides is 1. The summed E-state index contributed by atoms with van der Waals surface area (Å²) >= 11 is 13.8. The van der Waals surface area contributed by atoms with E-state index in [-0.39, 0.29) is 40.0 Å². The molecule has 2 fully saturated rings. The maximum absolute atomic E-state index is 12.4. The van der Waals surface area contributed by atoms with Crippen molar-refractivity contribution in [2.24, 2.45) is 22.7 Å². The van der Waals surface area contributed by atoms with Gasteiger partial charge in [-0.3, -0.25) is 9.59 Å². The lowest BCUT2D eigenvalue weighted by atomic mass is 9.43. The minimum absolute atomic E-state index is 0.0770. The molecule has 4 aliphatic rings. The minimum Gasteiger partial charge on any atom is -0.486 e. The number of halogens is 2. The van der Waals surface area contributed by atoms with Crippen molar-refractivity contribution < 1.29 is 14.3 Å². The van der Waals surface area contributed by atoms with Crippen molar-refractivity contribution in [1.29, 1.82) is 0 Å². The summed E-state index contributed by atoms with van der Waals surface area (Å²) in [7, 11) is 0. The first-order valence-corrected chi connectivity index (χ1v) is 12.5. The van der Waals surface area contributed by atoms with E-state index in [1.54, 1.807) is 13.0 Å². The van der Waals surface area contributed by atoms with Crippen LogP contribution in [0.15, 0.2) is 6.07 Å². The molecule has 2 aliphatic carbocycles. The molecule has 1 aromatic carbocycles. The Morgan fingerprint density at radius 2 is 1.97 bits per heavy atom. The van der Waals surface area contributed by atoms with Crippen molar-refractivity contribution in [2.75, 3.05) is 0 Å². The number of rotatable bonds is 1. The molecule has 2 saturated carbocycles. The Kier molecular flexibility index (Phi) is 4.90. The maximum Gasteiger partial charge on any atom is 0.252 e. The second-order valence-corrected chi connectivity index (χ2v) is 12.1. The maximum atomic E-state index is 12.4. The molecule has 2 aliphatic heterocycles. The summed E-state index contributed by atoms with van der Waals surface area (Å²) in [6.07, 6.45) is 3.56. The average Bonchev–Trinajstić information content (AvgIpc) is 3.07. The number of fused-ring (bicyclic) bond motifs is 3. The van der Waals surface area contributed by atoms with E-state index < -0.39 is 5.60 Å². The van der Waals surface area contributed by atoms with Crippen molar-refractivity contribution in [3.05, 3.63) is 27.8 Å². The second-order valence-electron chi connectivity index (χ2n) is 11.2. The molecule has 32 heavy (non-hydrogen) atoms. The number of hydrogen-bond acceptors (Lipinski definition) is 3. The molecule has 0 radical (unpaired) electrons. The minimum atomic E-state index is -0.510. The van der Waals surface area contributed by atoms with E-state index in [4.69, 9.17) is 27.9 Å². The number of nitrogens with one attached hydrogen (secondary N) is 2. The average molecular weight is 479 g/mol. The fraction of sp³-hybridized carbons (Fsp3) is 0.680. The summed E-state index contributed by atoms with van der Waals surface area (Å²) in [6, 6.07) is 1.60. The number of hydrogen-bond donors (Lipinski definition) is 2. The van der Waals surface area contributed by atoms with Crippen LogP contribution in [-0.4, -0.2) is 28.8 Å². The molecule has 0 saturated heterocycles. The highest BCUT2D eigenvalue weighted by molar-refractivity contribution is 6.32. The van der Waals surface area contributed by atoms with Gasteiger partial charge in [-0.2, -0.15) is 0 Å². The number of amides is 2. The van der Waals surface area contributed by atoms with Gasteiger partial charge in [0.1, 0.15) is 11.4 Å². The van der Waals surface area contributed by atoms with Crippen LogP contribution in [0.1, 0.15) is 75.4 Å². The van der Waals surface area contributed by atoms with Crippen LogP contribution in [0, 0.1) is 22.7 Å². The highest BCUT2D eigenvalue weighted by atomic mass is 35.5. The van der Waals surface area contributed by atoms with Crippen LogP contribution in [-0.2, 0) is 17.8 Å². The van der Waals surface area contributed by atoms with Gasteiger partial charge in [-0.1, -0.05) is 39.3 Å². The molecule has 174 valence electrons. The van der Waals surface area contributed by atoms with Crippen molar-refractivity contribution in [2.45, 2.75) is 83.9 Å². The molecule has 0 bridgehead atoms. The first kappa shape index (κ1) is 22.3. The molecule has 5 rings (SSSR count). The molecule has 2 heterocycles. The monoisotopic (exact) mass is 478 g/mol. The van der Waals surface area contributed by atoms with E-state index >= 15 is 0 Å². The summed E-state index contributed by atoms with van der Waals surface area (Å²) in [5, 5.41) is 6.46. The molecule has 2 unspecified atom stereocenters. The van der Waals surface area contributed by atoms with E-state index in [1.165, 1.54) is 0 Å². The largest absolute Gasteiger partial charge is 0.486 e. The quantitative estimate of drug-likeness (QED) is 0.566. The topological polar surface area (TPSA) is 67.4 Å². The Bertz CT molecular complexity index is 1020. The van der Waals surface area contributed by atoms with Gasteiger partial charge in [0.25, 0.3) is 5.91 Å². The predicted molar refractivity (Wildman–Crippen MR) is 125 cm³/mol. The third-order valence-corrected chi connectivity index (χ3v) is 10.5. The van der Waals surface area contributed by atoms with Crippen molar-refractivity contribution >= 4 is 35.0 Å². The number of ether oxygens (including phenoxy) is 1. The van der Waals surface area contributed by atoms with Gasteiger partial charge in [-0.15, -0.1) is 11.6 Å². The van der Waals surface area contributed by atoms with Crippen LogP contribution in [0.3, 0.4) is 0 Å². The highest BCUT2D eigenvalue weighted by Crippen LogP contribution is 2.67. The summed E-state index contributed by atoms with van der Waals surface area (Å²) in [6.45, 7) is 11.1. The van der Waals surface area contributed by atoms with E-state index in [0.717, 1.165) is 36.1 Å². The molecular weight excluding hydrogens is 447 g/mol. The fourth-order valence-corrected chi connectivity index (χ4v) is 7.97. The molecule has 1 spiro atoms. The predicted octanol–water partition coefficient (Wildman–Crippen LogP) is 4.85. The van der Waals surface area contributed by atoms with Gasteiger partial charge in [-0.05, 0) is 36.7 Å². The molecule has 1 aromatic rings. The summed E-state index contributed by atoms with van der Waals surface area (Å²) < 4.78 is 7.18. The second kappa shape index (κ2) is 7.02. The van der Waals surface area contributed by atoms with Crippen molar-refractivity contribution in [3.63, 3.8) is 0 Å². The van der Waals surface area contributed by atoms with Gasteiger partial charge in [0.05, 0.1) is 5.38 Å². The van der Waals surface area contributed by atoms with Gasteiger partial charge in [0.2, 0.25) is 5.91 Å². The lowest BCUT2D eigenvalue weighted by Crippen LogP contribution is -2.74. The fourth-order valence-electron chi connectivity index (χ4n) is 7.40. The van der Waals surface area contributed by atoms with E-state index in [2.05, 4.69) is 38.3 Å². The van der Waals surface area contributed by atoms with E-state index in [9.17, 15) is 9.59 Å². The first-order chi connectivity index (χ1) is 14.9. The molecule has 2 N–H and O–H groups in total.